The van der Waals surface area contributed by atoms with Crippen LogP contribution in [-0.2, 0) is 16.0 Å². The molecule has 0 saturated carbocycles. The maximum atomic E-state index is 11.9. The quantitative estimate of drug-likeness (QED) is 0.835. The molecule has 21 heavy (non-hydrogen) atoms. The first-order chi connectivity index (χ1) is 10.2. The third-order valence-electron chi connectivity index (χ3n) is 3.38. The fourth-order valence-electron chi connectivity index (χ4n) is 2.29. The molecule has 116 valence electrons. The van der Waals surface area contributed by atoms with Crippen molar-refractivity contribution in [2.75, 3.05) is 26.4 Å². The Labute approximate surface area is 129 Å². The Hall–Kier alpha value is -1.30. The van der Waals surface area contributed by atoms with E-state index in [1.54, 1.807) is 12.1 Å². The fraction of sp³-hybridized carbons (Fsp3) is 0.533. The van der Waals surface area contributed by atoms with E-state index in [-0.39, 0.29) is 18.6 Å². The van der Waals surface area contributed by atoms with Gasteiger partial charge in [0.2, 0.25) is 0 Å². The van der Waals surface area contributed by atoms with Gasteiger partial charge in [0, 0.05) is 24.3 Å². The molecule has 1 fully saturated rings. The average Bonchev–Trinajstić information content (AvgIpc) is 2.48. The van der Waals surface area contributed by atoms with Gasteiger partial charge in [-0.2, -0.15) is 0 Å². The smallest absolute Gasteiger partial charge is 0.258 e. The lowest BCUT2D eigenvalue weighted by atomic mass is 10.1. The van der Waals surface area contributed by atoms with Crippen LogP contribution in [0.2, 0.25) is 5.02 Å². The van der Waals surface area contributed by atoms with Gasteiger partial charge in [0.05, 0.1) is 0 Å². The third kappa shape index (κ3) is 5.19. The molecular weight excluding hydrogens is 292 g/mol. The molecule has 6 heteroatoms. The molecule has 1 aliphatic heterocycles. The van der Waals surface area contributed by atoms with E-state index in [1.165, 1.54) is 0 Å². The highest BCUT2D eigenvalue weighted by molar-refractivity contribution is 6.30. The summed E-state index contributed by atoms with van der Waals surface area (Å²) in [6, 6.07) is 5.52. The van der Waals surface area contributed by atoms with E-state index in [2.05, 4.69) is 5.32 Å². The lowest BCUT2D eigenvalue weighted by Gasteiger charge is -2.23. The van der Waals surface area contributed by atoms with Crippen LogP contribution in [0.3, 0.4) is 0 Å². The molecule has 2 rings (SSSR count). The van der Waals surface area contributed by atoms with Gasteiger partial charge in [-0.15, -0.1) is 0 Å². The van der Waals surface area contributed by atoms with E-state index >= 15 is 0 Å². The van der Waals surface area contributed by atoms with Crippen LogP contribution in [0.5, 0.6) is 5.75 Å². The summed E-state index contributed by atoms with van der Waals surface area (Å²) in [7, 11) is 0. The van der Waals surface area contributed by atoms with Gasteiger partial charge >= 0.3 is 0 Å². The average molecular weight is 313 g/mol. The summed E-state index contributed by atoms with van der Waals surface area (Å²) in [5.41, 5.74) is 6.49. The zero-order chi connectivity index (χ0) is 15.1. The Morgan fingerprint density at radius 2 is 2.19 bits per heavy atom. The van der Waals surface area contributed by atoms with Crippen molar-refractivity contribution in [3.8, 4) is 5.75 Å². The monoisotopic (exact) mass is 312 g/mol. The highest BCUT2D eigenvalue weighted by Crippen LogP contribution is 2.23. The summed E-state index contributed by atoms with van der Waals surface area (Å²) in [4.78, 5) is 11.9. The molecule has 0 radical (unpaired) electrons. The van der Waals surface area contributed by atoms with Gasteiger partial charge in [-0.3, -0.25) is 4.79 Å². The molecule has 0 aromatic heterocycles. The van der Waals surface area contributed by atoms with Crippen molar-refractivity contribution in [1.82, 2.24) is 5.32 Å². The van der Waals surface area contributed by atoms with Crippen molar-refractivity contribution >= 4 is 17.5 Å². The van der Waals surface area contributed by atoms with Crippen molar-refractivity contribution in [2.45, 2.75) is 25.3 Å². The second kappa shape index (κ2) is 8.22. The molecule has 5 nitrogen and oxygen atoms in total. The molecule has 0 aliphatic carbocycles. The minimum atomic E-state index is -0.115. The maximum absolute atomic E-state index is 11.9. The van der Waals surface area contributed by atoms with Crippen LogP contribution in [-0.4, -0.2) is 38.3 Å². The number of nitrogens with two attached hydrogens (primary N) is 1. The minimum Gasteiger partial charge on any atom is -0.483 e. The molecule has 1 aliphatic rings. The van der Waals surface area contributed by atoms with Gasteiger partial charge in [0.25, 0.3) is 5.91 Å². The molecular formula is C15H21ClN2O3. The first kappa shape index (κ1) is 16.1. The van der Waals surface area contributed by atoms with Crippen molar-refractivity contribution < 1.29 is 14.3 Å². The SMILES string of the molecule is NCCc1cc(Cl)ccc1OCC(=O)NC1CCOCC1. The number of rotatable bonds is 6. The van der Waals surface area contributed by atoms with Crippen LogP contribution in [0.25, 0.3) is 0 Å². The molecule has 0 bridgehead atoms. The van der Waals surface area contributed by atoms with E-state index in [0.29, 0.717) is 37.0 Å². The van der Waals surface area contributed by atoms with E-state index < -0.39 is 0 Å². The van der Waals surface area contributed by atoms with Crippen LogP contribution >= 0.6 is 11.6 Å². The normalized spacial score (nSPS) is 15.7. The Balaban J connectivity index is 1.85. The summed E-state index contributed by atoms with van der Waals surface area (Å²) >= 11 is 5.96. The predicted octanol–water partition coefficient (Wildman–Crippen LogP) is 1.52. The van der Waals surface area contributed by atoms with Crippen LogP contribution in [0.4, 0.5) is 0 Å². The Bertz CT molecular complexity index is 476. The summed E-state index contributed by atoms with van der Waals surface area (Å²) < 4.78 is 10.8. The summed E-state index contributed by atoms with van der Waals surface area (Å²) in [6.07, 6.45) is 2.37. The zero-order valence-electron chi connectivity index (χ0n) is 11.9. The molecule has 1 aromatic carbocycles. The van der Waals surface area contributed by atoms with Crippen LogP contribution < -0.4 is 15.8 Å². The summed E-state index contributed by atoms with van der Waals surface area (Å²) in [5, 5.41) is 3.59. The zero-order valence-corrected chi connectivity index (χ0v) is 12.7. The number of amides is 1. The Morgan fingerprint density at radius 3 is 2.90 bits per heavy atom. The molecule has 1 heterocycles. The third-order valence-corrected chi connectivity index (χ3v) is 3.62. The number of hydrogen-bond acceptors (Lipinski definition) is 4. The van der Waals surface area contributed by atoms with Gasteiger partial charge in [0.15, 0.2) is 6.61 Å². The Kier molecular flexibility index (Phi) is 6.29. The van der Waals surface area contributed by atoms with E-state index in [0.717, 1.165) is 18.4 Å². The summed E-state index contributed by atoms with van der Waals surface area (Å²) in [6.45, 7) is 1.90. The lowest BCUT2D eigenvalue weighted by Crippen LogP contribution is -2.41. The van der Waals surface area contributed by atoms with E-state index in [4.69, 9.17) is 26.8 Å². The predicted molar refractivity (Wildman–Crippen MR) is 81.7 cm³/mol. The first-order valence-corrected chi connectivity index (χ1v) is 7.55. The van der Waals surface area contributed by atoms with Crippen LogP contribution in [0.15, 0.2) is 18.2 Å². The number of carbonyl (C=O) groups is 1. The second-order valence-electron chi connectivity index (χ2n) is 5.03. The van der Waals surface area contributed by atoms with Gasteiger partial charge in [-0.25, -0.2) is 0 Å². The van der Waals surface area contributed by atoms with Gasteiger partial charge in [0.1, 0.15) is 5.75 Å². The number of hydrogen-bond donors (Lipinski definition) is 2. The lowest BCUT2D eigenvalue weighted by molar-refractivity contribution is -0.124. The standard InChI is InChI=1S/C15H21ClN2O3/c16-12-1-2-14(11(9-12)3-6-17)21-10-15(19)18-13-4-7-20-8-5-13/h1-2,9,13H,3-8,10,17H2,(H,18,19). The number of ether oxygens (including phenoxy) is 2. The van der Waals surface area contributed by atoms with Crippen molar-refractivity contribution in [3.05, 3.63) is 28.8 Å². The van der Waals surface area contributed by atoms with Crippen molar-refractivity contribution in [1.29, 1.82) is 0 Å². The summed E-state index contributed by atoms with van der Waals surface area (Å²) in [5.74, 6) is 0.544. The van der Waals surface area contributed by atoms with Gasteiger partial charge < -0.3 is 20.5 Å². The fourth-order valence-corrected chi connectivity index (χ4v) is 2.49. The molecule has 0 spiro atoms. The van der Waals surface area contributed by atoms with E-state index in [9.17, 15) is 4.79 Å². The molecule has 1 aromatic rings. The largest absolute Gasteiger partial charge is 0.483 e. The number of nitrogens with one attached hydrogen (secondary N) is 1. The van der Waals surface area contributed by atoms with Gasteiger partial charge in [-0.05, 0) is 49.6 Å². The number of carbonyl (C=O) groups excluding carboxylic acids is 1. The second-order valence-corrected chi connectivity index (χ2v) is 5.47. The Morgan fingerprint density at radius 1 is 1.43 bits per heavy atom. The minimum absolute atomic E-state index is 0.00341. The molecule has 0 unspecified atom stereocenters. The molecule has 0 atom stereocenters. The number of benzene rings is 1. The number of halogens is 1. The van der Waals surface area contributed by atoms with E-state index in [1.807, 2.05) is 6.07 Å². The van der Waals surface area contributed by atoms with Crippen LogP contribution in [0.1, 0.15) is 18.4 Å². The van der Waals surface area contributed by atoms with Crippen molar-refractivity contribution in [3.63, 3.8) is 0 Å². The van der Waals surface area contributed by atoms with Gasteiger partial charge in [-0.1, -0.05) is 11.6 Å². The molecule has 3 N–H and O–H groups in total. The molecule has 1 amide bonds. The maximum Gasteiger partial charge on any atom is 0.258 e. The topological polar surface area (TPSA) is 73.6 Å². The molecule has 1 saturated heterocycles. The van der Waals surface area contributed by atoms with Crippen molar-refractivity contribution in [2.24, 2.45) is 5.73 Å². The van der Waals surface area contributed by atoms with Crippen LogP contribution in [0, 0.1) is 0 Å². The highest BCUT2D eigenvalue weighted by Gasteiger charge is 2.16. The highest BCUT2D eigenvalue weighted by atomic mass is 35.5. The first-order valence-electron chi connectivity index (χ1n) is 7.17.